The number of nitrogens with one attached hydrogen (secondary N) is 1. The third-order valence-corrected chi connectivity index (χ3v) is 4.21. The van der Waals surface area contributed by atoms with Gasteiger partial charge in [-0.2, -0.15) is 5.10 Å². The van der Waals surface area contributed by atoms with Gasteiger partial charge in [-0.3, -0.25) is 9.48 Å². The maximum atomic E-state index is 12.4. The second kappa shape index (κ2) is 7.04. The second-order valence-corrected chi connectivity index (χ2v) is 5.67. The van der Waals surface area contributed by atoms with E-state index in [2.05, 4.69) is 22.2 Å². The molecule has 1 amide bonds. The number of likely N-dealkylation sites (tertiary alicyclic amines) is 1. The first-order valence-corrected chi connectivity index (χ1v) is 7.61. The molecule has 2 rings (SSSR count). The number of carbonyl (C=O) groups excluding carboxylic acids is 1. The topological polar surface area (TPSA) is 59.4 Å². The average Bonchev–Trinajstić information content (AvgIpc) is 3.04. The summed E-state index contributed by atoms with van der Waals surface area (Å²) in [5.74, 6) is 0.983. The van der Waals surface area contributed by atoms with Gasteiger partial charge in [-0.15, -0.1) is 0 Å². The Morgan fingerprint density at radius 1 is 1.52 bits per heavy atom. The van der Waals surface area contributed by atoms with E-state index in [0.717, 1.165) is 56.2 Å². The van der Waals surface area contributed by atoms with E-state index in [9.17, 15) is 4.79 Å². The normalized spacial score (nSPS) is 19.1. The summed E-state index contributed by atoms with van der Waals surface area (Å²) < 4.78 is 6.86. The smallest absolute Gasteiger partial charge is 0.229 e. The molecule has 0 radical (unpaired) electrons. The van der Waals surface area contributed by atoms with Crippen LogP contribution in [0.5, 0.6) is 0 Å². The lowest BCUT2D eigenvalue weighted by molar-refractivity contribution is -0.119. The van der Waals surface area contributed by atoms with Gasteiger partial charge in [-0.25, -0.2) is 0 Å². The molecule has 2 heterocycles. The largest absolute Gasteiger partial charge is 0.383 e. The maximum Gasteiger partial charge on any atom is 0.229 e. The molecule has 6 heteroatoms. The molecule has 0 unspecified atom stereocenters. The molecular formula is C15H26N4O2. The highest BCUT2D eigenvalue weighted by molar-refractivity contribution is 5.92. The molecule has 1 atom stereocenters. The van der Waals surface area contributed by atoms with Crippen molar-refractivity contribution in [2.75, 3.05) is 38.7 Å². The molecule has 0 spiro atoms. The van der Waals surface area contributed by atoms with Crippen molar-refractivity contribution >= 4 is 11.7 Å². The van der Waals surface area contributed by atoms with E-state index in [-0.39, 0.29) is 11.8 Å². The van der Waals surface area contributed by atoms with Gasteiger partial charge in [0.15, 0.2) is 0 Å². The highest BCUT2D eigenvalue weighted by Gasteiger charge is 2.29. The van der Waals surface area contributed by atoms with Gasteiger partial charge in [0.2, 0.25) is 5.91 Å². The minimum absolute atomic E-state index is 0.0567. The number of methoxy groups -OCH3 is 1. The molecule has 118 valence electrons. The molecule has 0 saturated carbocycles. The molecule has 1 fully saturated rings. The van der Waals surface area contributed by atoms with Crippen LogP contribution in [0.15, 0.2) is 0 Å². The second-order valence-electron chi connectivity index (χ2n) is 5.67. The van der Waals surface area contributed by atoms with Crippen LogP contribution in [0.4, 0.5) is 5.82 Å². The number of hydrogen-bond donors (Lipinski definition) is 1. The minimum atomic E-state index is 0.0567. The average molecular weight is 294 g/mol. The predicted octanol–water partition coefficient (Wildman–Crippen LogP) is 1.20. The summed E-state index contributed by atoms with van der Waals surface area (Å²) in [7, 11) is 3.58. The van der Waals surface area contributed by atoms with E-state index in [0.29, 0.717) is 0 Å². The van der Waals surface area contributed by atoms with E-state index in [1.807, 2.05) is 14.0 Å². The van der Waals surface area contributed by atoms with Crippen LogP contribution >= 0.6 is 0 Å². The molecular weight excluding hydrogens is 268 g/mol. The lowest BCUT2D eigenvalue weighted by Gasteiger charge is -2.15. The van der Waals surface area contributed by atoms with Crippen LogP contribution in [0.3, 0.4) is 0 Å². The summed E-state index contributed by atoms with van der Waals surface area (Å²) in [5, 5.41) is 7.49. The Bertz CT molecular complexity index is 498. The number of amides is 1. The molecule has 0 bridgehead atoms. The first kappa shape index (κ1) is 16.0. The summed E-state index contributed by atoms with van der Waals surface area (Å²) in [6.07, 6.45) is 1.79. The third kappa shape index (κ3) is 3.63. The number of hydrogen-bond acceptors (Lipinski definition) is 4. The Morgan fingerprint density at radius 2 is 2.29 bits per heavy atom. The molecule has 0 aliphatic carbocycles. The lowest BCUT2D eigenvalue weighted by Crippen LogP contribution is -2.29. The molecule has 6 nitrogen and oxygen atoms in total. The van der Waals surface area contributed by atoms with Crippen LogP contribution in [0.2, 0.25) is 0 Å². The van der Waals surface area contributed by atoms with Crippen LogP contribution in [-0.4, -0.2) is 53.9 Å². The molecule has 1 N–H and O–H groups in total. The zero-order chi connectivity index (χ0) is 15.4. The number of aromatic nitrogens is 2. The van der Waals surface area contributed by atoms with Crippen molar-refractivity contribution in [1.82, 2.24) is 14.7 Å². The van der Waals surface area contributed by atoms with Crippen molar-refractivity contribution in [3.8, 4) is 0 Å². The van der Waals surface area contributed by atoms with Gasteiger partial charge in [0.1, 0.15) is 5.82 Å². The van der Waals surface area contributed by atoms with E-state index >= 15 is 0 Å². The molecule has 0 aromatic carbocycles. The Balaban J connectivity index is 1.95. The van der Waals surface area contributed by atoms with Crippen LogP contribution in [0.1, 0.15) is 24.6 Å². The third-order valence-electron chi connectivity index (χ3n) is 4.21. The number of rotatable bonds is 6. The predicted molar refractivity (Wildman–Crippen MR) is 82.4 cm³/mol. The van der Waals surface area contributed by atoms with Crippen LogP contribution in [0.25, 0.3) is 0 Å². The van der Waals surface area contributed by atoms with Crippen molar-refractivity contribution in [2.24, 2.45) is 13.0 Å². The number of carbonyl (C=O) groups is 1. The summed E-state index contributed by atoms with van der Waals surface area (Å²) in [4.78, 5) is 14.7. The van der Waals surface area contributed by atoms with Crippen LogP contribution < -0.4 is 5.32 Å². The standard InChI is InChI=1S/C15H26N4O2/c1-5-13-11(2)14(18(3)17-13)16-15(20)12-6-7-19(10-12)8-9-21-4/h12H,5-10H2,1-4H3,(H,16,20)/t12-/m0/s1. The number of nitrogens with zero attached hydrogens (tertiary/aromatic N) is 3. The van der Waals surface area contributed by atoms with Gasteiger partial charge in [0.25, 0.3) is 0 Å². The van der Waals surface area contributed by atoms with E-state index < -0.39 is 0 Å². The zero-order valence-electron chi connectivity index (χ0n) is 13.5. The van der Waals surface area contributed by atoms with Crippen molar-refractivity contribution in [2.45, 2.75) is 26.7 Å². The SMILES string of the molecule is CCc1nn(C)c(NC(=O)[C@H]2CCN(CCOC)C2)c1C. The molecule has 1 saturated heterocycles. The zero-order valence-corrected chi connectivity index (χ0v) is 13.5. The van der Waals surface area contributed by atoms with Crippen LogP contribution in [-0.2, 0) is 23.0 Å². The summed E-state index contributed by atoms with van der Waals surface area (Å²) >= 11 is 0. The highest BCUT2D eigenvalue weighted by Crippen LogP contribution is 2.22. The maximum absolute atomic E-state index is 12.4. The van der Waals surface area contributed by atoms with Gasteiger partial charge >= 0.3 is 0 Å². The van der Waals surface area contributed by atoms with Crippen molar-refractivity contribution < 1.29 is 9.53 Å². The van der Waals surface area contributed by atoms with Gasteiger partial charge < -0.3 is 15.0 Å². The number of anilines is 1. The van der Waals surface area contributed by atoms with Gasteiger partial charge in [-0.1, -0.05) is 6.92 Å². The Labute approximate surface area is 126 Å². The summed E-state index contributed by atoms with van der Waals surface area (Å²) in [5.41, 5.74) is 2.11. The summed E-state index contributed by atoms with van der Waals surface area (Å²) in [6.45, 7) is 7.48. The highest BCUT2D eigenvalue weighted by atomic mass is 16.5. The molecule has 1 aliphatic heterocycles. The first-order chi connectivity index (χ1) is 10.1. The fourth-order valence-corrected chi connectivity index (χ4v) is 2.88. The van der Waals surface area contributed by atoms with E-state index in [4.69, 9.17) is 4.74 Å². The van der Waals surface area contributed by atoms with E-state index in [1.54, 1.807) is 11.8 Å². The Morgan fingerprint density at radius 3 is 2.90 bits per heavy atom. The van der Waals surface area contributed by atoms with Crippen molar-refractivity contribution in [3.05, 3.63) is 11.3 Å². The van der Waals surface area contributed by atoms with Gasteiger partial charge in [0, 0.05) is 32.8 Å². The molecule has 1 aromatic rings. The Hall–Kier alpha value is -1.40. The Kier molecular flexibility index (Phi) is 5.36. The van der Waals surface area contributed by atoms with Crippen LogP contribution in [0, 0.1) is 12.8 Å². The van der Waals surface area contributed by atoms with Gasteiger partial charge in [0.05, 0.1) is 18.2 Å². The minimum Gasteiger partial charge on any atom is -0.383 e. The van der Waals surface area contributed by atoms with Gasteiger partial charge in [-0.05, 0) is 26.3 Å². The summed E-state index contributed by atoms with van der Waals surface area (Å²) in [6, 6.07) is 0. The molecule has 1 aromatic heterocycles. The first-order valence-electron chi connectivity index (χ1n) is 7.61. The molecule has 1 aliphatic rings. The van der Waals surface area contributed by atoms with Crippen molar-refractivity contribution in [3.63, 3.8) is 0 Å². The number of ether oxygens (including phenoxy) is 1. The quantitative estimate of drug-likeness (QED) is 0.856. The monoisotopic (exact) mass is 294 g/mol. The lowest BCUT2D eigenvalue weighted by atomic mass is 10.1. The fraction of sp³-hybridized carbons (Fsp3) is 0.733. The van der Waals surface area contributed by atoms with E-state index in [1.165, 1.54) is 0 Å². The fourth-order valence-electron chi connectivity index (χ4n) is 2.88. The molecule has 21 heavy (non-hydrogen) atoms. The van der Waals surface area contributed by atoms with Crippen molar-refractivity contribution in [1.29, 1.82) is 0 Å². The number of aryl methyl sites for hydroxylation is 2.